The zero-order valence-corrected chi connectivity index (χ0v) is 7.59. The minimum Gasteiger partial charge on any atom is -0.299 e. The summed E-state index contributed by atoms with van der Waals surface area (Å²) in [6, 6.07) is 0. The Labute approximate surface area is 72.7 Å². The molecule has 2 atom stereocenters. The van der Waals surface area contributed by atoms with Crippen LogP contribution in [0.1, 0.15) is 26.7 Å². The van der Waals surface area contributed by atoms with Crippen molar-refractivity contribution in [3.63, 3.8) is 0 Å². The average molecular weight is 166 g/mol. The van der Waals surface area contributed by atoms with Crippen molar-refractivity contribution in [1.29, 1.82) is 0 Å². The van der Waals surface area contributed by atoms with E-state index in [1.54, 1.807) is 0 Å². The second kappa shape index (κ2) is 3.21. The molecule has 0 aliphatic heterocycles. The number of ketones is 2. The highest BCUT2D eigenvalue weighted by Crippen LogP contribution is 2.32. The molecule has 66 valence electrons. The van der Waals surface area contributed by atoms with Gasteiger partial charge in [0.05, 0.1) is 5.92 Å². The second-order valence-electron chi connectivity index (χ2n) is 3.61. The first-order valence-electron chi connectivity index (χ1n) is 4.21. The predicted octanol–water partition coefficient (Wildman–Crippen LogP) is 1.75. The third-order valence-corrected chi connectivity index (χ3v) is 2.54. The molecule has 1 fully saturated rings. The number of carbonyl (C=O) groups is 2. The van der Waals surface area contributed by atoms with Gasteiger partial charge in [0, 0.05) is 6.42 Å². The molecule has 0 aromatic rings. The molecule has 0 aromatic carbocycles. The summed E-state index contributed by atoms with van der Waals surface area (Å²) in [6.07, 6.45) is 1.20. The maximum Gasteiger partial charge on any atom is 0.143 e. The van der Waals surface area contributed by atoms with Crippen LogP contribution < -0.4 is 0 Å². The molecule has 0 spiro atoms. The van der Waals surface area contributed by atoms with Gasteiger partial charge < -0.3 is 0 Å². The molecule has 1 aliphatic carbocycles. The fourth-order valence-electron chi connectivity index (χ4n) is 1.65. The summed E-state index contributed by atoms with van der Waals surface area (Å²) in [5.41, 5.74) is 1.02. The molecule has 1 aliphatic rings. The Balaban J connectivity index is 2.68. The molecule has 0 unspecified atom stereocenters. The van der Waals surface area contributed by atoms with Gasteiger partial charge in [-0.3, -0.25) is 9.59 Å². The molecule has 12 heavy (non-hydrogen) atoms. The molecule has 0 amide bonds. The number of carbonyl (C=O) groups excluding carboxylic acids is 2. The molecular weight excluding hydrogens is 152 g/mol. The van der Waals surface area contributed by atoms with Crippen molar-refractivity contribution >= 4 is 11.6 Å². The Morgan fingerprint density at radius 2 is 2.08 bits per heavy atom. The second-order valence-corrected chi connectivity index (χ2v) is 3.61. The Hall–Kier alpha value is -0.920. The van der Waals surface area contributed by atoms with Gasteiger partial charge in [-0.25, -0.2) is 0 Å². The molecule has 0 heterocycles. The smallest absolute Gasteiger partial charge is 0.143 e. The third-order valence-electron chi connectivity index (χ3n) is 2.54. The lowest BCUT2D eigenvalue weighted by Crippen LogP contribution is -2.14. The van der Waals surface area contributed by atoms with Crippen molar-refractivity contribution in [1.82, 2.24) is 0 Å². The number of allylic oxidation sites excluding steroid dienone is 1. The molecule has 0 radical (unpaired) electrons. The maximum atomic E-state index is 11.3. The lowest BCUT2D eigenvalue weighted by molar-refractivity contribution is -0.129. The zero-order valence-electron chi connectivity index (χ0n) is 7.59. The van der Waals surface area contributed by atoms with Gasteiger partial charge in [-0.2, -0.15) is 0 Å². The first-order valence-corrected chi connectivity index (χ1v) is 4.21. The van der Waals surface area contributed by atoms with Gasteiger partial charge in [-0.15, -0.1) is 0 Å². The van der Waals surface area contributed by atoms with E-state index in [4.69, 9.17) is 0 Å². The van der Waals surface area contributed by atoms with E-state index in [9.17, 15) is 9.59 Å². The van der Waals surface area contributed by atoms with Gasteiger partial charge in [0.25, 0.3) is 0 Å². The minimum absolute atomic E-state index is 0.00347. The summed E-state index contributed by atoms with van der Waals surface area (Å²) in [7, 11) is 0. The number of Topliss-reactive ketones (excluding diaryl/α,β-unsaturated/α-hetero) is 2. The predicted molar refractivity (Wildman–Crippen MR) is 46.7 cm³/mol. The summed E-state index contributed by atoms with van der Waals surface area (Å²) in [6.45, 7) is 7.21. The fraction of sp³-hybridized carbons (Fsp3) is 0.600. The van der Waals surface area contributed by atoms with E-state index >= 15 is 0 Å². The van der Waals surface area contributed by atoms with Gasteiger partial charge >= 0.3 is 0 Å². The largest absolute Gasteiger partial charge is 0.299 e. The van der Waals surface area contributed by atoms with Crippen LogP contribution in [0.2, 0.25) is 0 Å². The summed E-state index contributed by atoms with van der Waals surface area (Å²) >= 11 is 0. The van der Waals surface area contributed by atoms with E-state index in [-0.39, 0.29) is 23.4 Å². The van der Waals surface area contributed by atoms with Crippen LogP contribution in [0.5, 0.6) is 0 Å². The third kappa shape index (κ3) is 1.63. The van der Waals surface area contributed by atoms with Crippen LogP contribution in [-0.2, 0) is 9.59 Å². The van der Waals surface area contributed by atoms with E-state index in [0.29, 0.717) is 12.8 Å². The number of hydrogen-bond donors (Lipinski definition) is 0. The summed E-state index contributed by atoms with van der Waals surface area (Å²) < 4.78 is 0. The van der Waals surface area contributed by atoms with Crippen LogP contribution in [0.3, 0.4) is 0 Å². The molecular formula is C10H14O2. The molecule has 2 nitrogen and oxygen atoms in total. The van der Waals surface area contributed by atoms with Crippen LogP contribution in [0.25, 0.3) is 0 Å². The highest BCUT2D eigenvalue weighted by atomic mass is 16.1. The van der Waals surface area contributed by atoms with Gasteiger partial charge in [0.15, 0.2) is 0 Å². The van der Waals surface area contributed by atoms with E-state index in [1.807, 2.05) is 6.92 Å². The Morgan fingerprint density at radius 1 is 1.50 bits per heavy atom. The topological polar surface area (TPSA) is 34.1 Å². The maximum absolute atomic E-state index is 11.3. The highest BCUT2D eigenvalue weighted by Gasteiger charge is 2.35. The molecule has 0 N–H and O–H groups in total. The molecule has 1 saturated carbocycles. The first kappa shape index (κ1) is 9.17. The molecule has 1 rings (SSSR count). The van der Waals surface area contributed by atoms with Crippen LogP contribution in [0.15, 0.2) is 12.2 Å². The average Bonchev–Trinajstić information content (AvgIpc) is 2.30. The van der Waals surface area contributed by atoms with Crippen molar-refractivity contribution in [3.05, 3.63) is 12.2 Å². The Morgan fingerprint density at radius 3 is 2.33 bits per heavy atom. The minimum atomic E-state index is -0.341. The van der Waals surface area contributed by atoms with Crippen LogP contribution in [0, 0.1) is 11.8 Å². The molecule has 0 aromatic heterocycles. The molecule has 0 saturated heterocycles. The monoisotopic (exact) mass is 166 g/mol. The quantitative estimate of drug-likeness (QED) is 0.462. The summed E-state index contributed by atoms with van der Waals surface area (Å²) in [5.74, 6) is -0.00245. The summed E-state index contributed by atoms with van der Waals surface area (Å²) in [4.78, 5) is 22.2. The van der Waals surface area contributed by atoms with Gasteiger partial charge in [-0.1, -0.05) is 12.2 Å². The number of rotatable bonds is 2. The van der Waals surface area contributed by atoms with E-state index in [2.05, 4.69) is 6.58 Å². The molecule has 0 bridgehead atoms. The van der Waals surface area contributed by atoms with Crippen molar-refractivity contribution in [2.24, 2.45) is 11.8 Å². The van der Waals surface area contributed by atoms with Crippen LogP contribution in [0.4, 0.5) is 0 Å². The van der Waals surface area contributed by atoms with Crippen molar-refractivity contribution in [2.75, 3.05) is 0 Å². The van der Waals surface area contributed by atoms with E-state index < -0.39 is 0 Å². The van der Waals surface area contributed by atoms with Crippen molar-refractivity contribution in [2.45, 2.75) is 26.7 Å². The van der Waals surface area contributed by atoms with Gasteiger partial charge in [-0.05, 0) is 26.2 Å². The molecule has 2 heteroatoms. The zero-order chi connectivity index (χ0) is 9.30. The highest BCUT2D eigenvalue weighted by molar-refractivity contribution is 6.03. The normalized spacial score (nSPS) is 29.0. The first-order chi connectivity index (χ1) is 5.52. The van der Waals surface area contributed by atoms with Crippen molar-refractivity contribution < 1.29 is 9.59 Å². The van der Waals surface area contributed by atoms with E-state index in [0.717, 1.165) is 5.57 Å². The van der Waals surface area contributed by atoms with Crippen LogP contribution in [-0.4, -0.2) is 11.6 Å². The lowest BCUT2D eigenvalue weighted by Gasteiger charge is -2.06. The van der Waals surface area contributed by atoms with Crippen molar-refractivity contribution in [3.8, 4) is 0 Å². The SMILES string of the molecule is C=C(C)[C@H]1CC(=O)[C@H](C(C)=O)C1. The van der Waals surface area contributed by atoms with Crippen LogP contribution >= 0.6 is 0 Å². The fourth-order valence-corrected chi connectivity index (χ4v) is 1.65. The summed E-state index contributed by atoms with van der Waals surface area (Å²) in [5, 5.41) is 0. The Kier molecular flexibility index (Phi) is 2.46. The van der Waals surface area contributed by atoms with Gasteiger partial charge in [0.2, 0.25) is 0 Å². The Bertz CT molecular complexity index is 240. The van der Waals surface area contributed by atoms with Gasteiger partial charge in [0.1, 0.15) is 11.6 Å². The number of hydrogen-bond acceptors (Lipinski definition) is 2. The van der Waals surface area contributed by atoms with E-state index in [1.165, 1.54) is 6.92 Å². The standard InChI is InChI=1S/C10H14O2/c1-6(2)8-4-9(7(3)11)10(12)5-8/h8-9H,1,4-5H2,2-3H3/t8-,9+/m1/s1. The lowest BCUT2D eigenvalue weighted by atomic mass is 9.97.